The number of rotatable bonds is 3. The fourth-order valence-corrected chi connectivity index (χ4v) is 2.52. The van der Waals surface area contributed by atoms with Crippen molar-refractivity contribution >= 4 is 49.6 Å². The van der Waals surface area contributed by atoms with Crippen molar-refractivity contribution in [2.75, 3.05) is 5.32 Å². The van der Waals surface area contributed by atoms with Gasteiger partial charge >= 0.3 is 5.97 Å². The van der Waals surface area contributed by atoms with Crippen LogP contribution in [0.25, 0.3) is 0 Å². The van der Waals surface area contributed by atoms with Gasteiger partial charge in [-0.3, -0.25) is 4.79 Å². The second-order valence-electron chi connectivity index (χ2n) is 7.38. The zero-order valence-electron chi connectivity index (χ0n) is 16.4. The highest BCUT2D eigenvalue weighted by Gasteiger charge is 2.23. The molecule has 0 radical (unpaired) electrons. The number of hydrogen-bond acceptors (Lipinski definition) is 6. The van der Waals surface area contributed by atoms with Crippen LogP contribution in [0.15, 0.2) is 45.7 Å². The smallest absolute Gasteiger partial charge is 0.338 e. The van der Waals surface area contributed by atoms with Crippen molar-refractivity contribution in [3.8, 4) is 0 Å². The molecule has 0 aliphatic rings. The number of aromatic nitrogens is 2. The molecule has 2 rings (SSSR count). The second kappa shape index (κ2) is 10.1. The van der Waals surface area contributed by atoms with E-state index in [9.17, 15) is 9.59 Å². The Morgan fingerprint density at radius 3 is 2.11 bits per heavy atom. The number of halogens is 2. The molecule has 0 saturated heterocycles. The summed E-state index contributed by atoms with van der Waals surface area (Å²) in [6, 6.07) is 8.99. The van der Waals surface area contributed by atoms with Gasteiger partial charge in [0.2, 0.25) is 5.91 Å². The molecule has 0 saturated carbocycles. The van der Waals surface area contributed by atoms with E-state index in [-0.39, 0.29) is 11.9 Å². The fraction of sp³-hybridized carbons (Fsp3) is 0.368. The van der Waals surface area contributed by atoms with E-state index in [2.05, 4.69) is 47.1 Å². The topological polar surface area (TPSA) is 107 Å². The molecule has 1 amide bonds. The van der Waals surface area contributed by atoms with Gasteiger partial charge in [0.15, 0.2) is 5.82 Å². The molecule has 7 nitrogen and oxygen atoms in total. The standard InChI is InChI=1S/C11H14O2.C8H10Br2N4O/c1-11(2,3)13-10(12)9-7-5-4-6-8-9;1-8(2,11)7(15)14-6-5(10)13-4(9)3-12-6/h4-8H,1-3H3;3H,11H2,1-2H3,(H,12,14,15). The zero-order chi connectivity index (χ0) is 21.5. The molecule has 9 heteroatoms. The molecule has 2 aromatic rings. The summed E-state index contributed by atoms with van der Waals surface area (Å²) in [5, 5.41) is 2.57. The Labute approximate surface area is 181 Å². The lowest BCUT2D eigenvalue weighted by Gasteiger charge is -2.19. The van der Waals surface area contributed by atoms with Gasteiger partial charge < -0.3 is 15.8 Å². The van der Waals surface area contributed by atoms with Gasteiger partial charge in [-0.25, -0.2) is 14.8 Å². The highest BCUT2D eigenvalue weighted by Crippen LogP contribution is 2.20. The number of carbonyl (C=O) groups excluding carboxylic acids is 2. The number of nitrogens with zero attached hydrogens (tertiary/aromatic N) is 2. The van der Waals surface area contributed by atoms with E-state index in [0.29, 0.717) is 20.6 Å². The van der Waals surface area contributed by atoms with Crippen LogP contribution in [0.3, 0.4) is 0 Å². The number of nitrogens with two attached hydrogens (primary N) is 1. The highest BCUT2D eigenvalue weighted by molar-refractivity contribution is 9.11. The average molecular weight is 516 g/mol. The van der Waals surface area contributed by atoms with E-state index in [4.69, 9.17) is 10.5 Å². The molecule has 0 aliphatic carbocycles. The van der Waals surface area contributed by atoms with E-state index >= 15 is 0 Å². The molecule has 0 fully saturated rings. The maximum atomic E-state index is 11.5. The van der Waals surface area contributed by atoms with Crippen LogP contribution in [0, 0.1) is 0 Å². The first-order valence-electron chi connectivity index (χ1n) is 8.36. The summed E-state index contributed by atoms with van der Waals surface area (Å²) in [6.45, 7) is 8.79. The number of hydrogen-bond donors (Lipinski definition) is 2. The summed E-state index contributed by atoms with van der Waals surface area (Å²) in [5.41, 5.74) is 4.84. The number of nitrogens with one attached hydrogen (secondary N) is 1. The number of anilines is 1. The van der Waals surface area contributed by atoms with Crippen LogP contribution < -0.4 is 11.1 Å². The molecule has 0 spiro atoms. The third-order valence-corrected chi connectivity index (χ3v) is 3.86. The summed E-state index contributed by atoms with van der Waals surface area (Å²) in [7, 11) is 0. The molecule has 1 aromatic carbocycles. The van der Waals surface area contributed by atoms with Crippen LogP contribution in [0.4, 0.5) is 5.82 Å². The van der Waals surface area contributed by atoms with E-state index in [1.54, 1.807) is 26.0 Å². The maximum Gasteiger partial charge on any atom is 0.338 e. The van der Waals surface area contributed by atoms with Crippen LogP contribution in [0.5, 0.6) is 0 Å². The van der Waals surface area contributed by atoms with E-state index < -0.39 is 11.1 Å². The zero-order valence-corrected chi connectivity index (χ0v) is 19.6. The van der Waals surface area contributed by atoms with Crippen LogP contribution in [-0.4, -0.2) is 33.0 Å². The predicted octanol–water partition coefficient (Wildman–Crippen LogP) is 4.32. The molecule has 3 N–H and O–H groups in total. The number of carbonyl (C=O) groups is 2. The Hall–Kier alpha value is -1.84. The third-order valence-electron chi connectivity index (χ3n) is 2.93. The van der Waals surface area contributed by atoms with Crippen molar-refractivity contribution in [3.05, 3.63) is 51.3 Å². The lowest BCUT2D eigenvalue weighted by molar-refractivity contribution is -0.120. The van der Waals surface area contributed by atoms with Crippen LogP contribution in [-0.2, 0) is 9.53 Å². The lowest BCUT2D eigenvalue weighted by atomic mass is 10.1. The van der Waals surface area contributed by atoms with E-state index in [0.717, 1.165) is 0 Å². The molecule has 28 heavy (non-hydrogen) atoms. The van der Waals surface area contributed by atoms with Gasteiger partial charge in [-0.15, -0.1) is 0 Å². The van der Waals surface area contributed by atoms with Crippen molar-refractivity contribution in [2.24, 2.45) is 5.73 Å². The fourth-order valence-electron chi connectivity index (χ4n) is 1.61. The van der Waals surface area contributed by atoms with Crippen molar-refractivity contribution < 1.29 is 14.3 Å². The number of amides is 1. The molecule has 1 heterocycles. The van der Waals surface area contributed by atoms with Crippen molar-refractivity contribution in [3.63, 3.8) is 0 Å². The third kappa shape index (κ3) is 8.90. The summed E-state index contributed by atoms with van der Waals surface area (Å²) in [5.74, 6) is -0.241. The largest absolute Gasteiger partial charge is 0.456 e. The molecular formula is C19H24Br2N4O3. The molecular weight excluding hydrogens is 492 g/mol. The lowest BCUT2D eigenvalue weighted by Crippen LogP contribution is -2.45. The van der Waals surface area contributed by atoms with Gasteiger partial charge in [-0.2, -0.15) is 0 Å². The first kappa shape index (κ1) is 24.2. The summed E-state index contributed by atoms with van der Waals surface area (Å²) < 4.78 is 6.22. The van der Waals surface area contributed by atoms with Crippen LogP contribution in [0.2, 0.25) is 0 Å². The Balaban J connectivity index is 0.000000283. The summed E-state index contributed by atoms with van der Waals surface area (Å²) >= 11 is 6.34. The van der Waals surface area contributed by atoms with Gasteiger partial charge in [0, 0.05) is 0 Å². The Kier molecular flexibility index (Phi) is 8.72. The van der Waals surface area contributed by atoms with E-state index in [1.165, 1.54) is 6.20 Å². The monoisotopic (exact) mass is 514 g/mol. The predicted molar refractivity (Wildman–Crippen MR) is 116 cm³/mol. The van der Waals surface area contributed by atoms with E-state index in [1.807, 2.05) is 39.0 Å². The maximum absolute atomic E-state index is 11.5. The number of ether oxygens (including phenoxy) is 1. The van der Waals surface area contributed by atoms with Crippen molar-refractivity contribution in [2.45, 2.75) is 45.8 Å². The first-order chi connectivity index (χ1) is 12.8. The minimum atomic E-state index is -0.950. The number of esters is 1. The van der Waals surface area contributed by atoms with Gasteiger partial charge in [-0.05, 0) is 78.6 Å². The van der Waals surface area contributed by atoms with Crippen LogP contribution >= 0.6 is 31.9 Å². The molecule has 152 valence electrons. The van der Waals surface area contributed by atoms with Crippen LogP contribution in [0.1, 0.15) is 45.0 Å². The minimum Gasteiger partial charge on any atom is -0.456 e. The first-order valence-corrected chi connectivity index (χ1v) is 9.95. The summed E-state index contributed by atoms with van der Waals surface area (Å²) in [4.78, 5) is 31.0. The molecule has 0 aliphatic heterocycles. The SMILES string of the molecule is CC(C)(C)OC(=O)c1ccccc1.CC(C)(N)C(=O)Nc1ncc(Br)nc1Br. The summed E-state index contributed by atoms with van der Waals surface area (Å²) in [6.07, 6.45) is 1.49. The molecule has 1 aromatic heterocycles. The Bertz CT molecular complexity index is 816. The van der Waals surface area contributed by atoms with Crippen molar-refractivity contribution in [1.29, 1.82) is 0 Å². The minimum absolute atomic E-state index is 0.270. The van der Waals surface area contributed by atoms with Gasteiger partial charge in [0.05, 0.1) is 17.3 Å². The number of benzene rings is 1. The van der Waals surface area contributed by atoms with Crippen molar-refractivity contribution in [1.82, 2.24) is 9.97 Å². The Morgan fingerprint density at radius 2 is 1.64 bits per heavy atom. The Morgan fingerprint density at radius 1 is 1.07 bits per heavy atom. The van der Waals surface area contributed by atoms with Gasteiger partial charge in [0.1, 0.15) is 14.8 Å². The average Bonchev–Trinajstić information content (AvgIpc) is 2.56. The highest BCUT2D eigenvalue weighted by atomic mass is 79.9. The van der Waals surface area contributed by atoms with Gasteiger partial charge in [0.25, 0.3) is 0 Å². The quantitative estimate of drug-likeness (QED) is 0.589. The molecule has 0 atom stereocenters. The second-order valence-corrected chi connectivity index (χ2v) is 8.94. The molecule has 0 unspecified atom stereocenters. The van der Waals surface area contributed by atoms with Gasteiger partial charge in [-0.1, -0.05) is 18.2 Å². The normalized spacial score (nSPS) is 11.1. The molecule has 0 bridgehead atoms.